The van der Waals surface area contributed by atoms with Crippen molar-refractivity contribution in [3.63, 3.8) is 0 Å². The van der Waals surface area contributed by atoms with Gasteiger partial charge in [-0.1, -0.05) is 11.6 Å². The molecule has 15 heavy (non-hydrogen) atoms. The van der Waals surface area contributed by atoms with E-state index in [1.165, 1.54) is 4.57 Å². The maximum atomic E-state index is 11.9. The Morgan fingerprint density at radius 2 is 2.00 bits per heavy atom. The predicted octanol–water partition coefficient (Wildman–Crippen LogP) is 1.40. The second-order valence-corrected chi connectivity index (χ2v) is 4.74. The lowest BCUT2D eigenvalue weighted by molar-refractivity contribution is 0.155. The Kier molecular flexibility index (Phi) is 2.26. The molecule has 0 amide bonds. The number of nitrogens with zero attached hydrogens (tertiary/aromatic N) is 1. The molecule has 1 aromatic heterocycles. The lowest BCUT2D eigenvalue weighted by Crippen LogP contribution is -2.52. The van der Waals surface area contributed by atoms with Crippen LogP contribution in [-0.4, -0.2) is 9.55 Å². The van der Waals surface area contributed by atoms with Gasteiger partial charge in [0.15, 0.2) is 0 Å². The van der Waals surface area contributed by atoms with Crippen molar-refractivity contribution in [2.75, 3.05) is 0 Å². The van der Waals surface area contributed by atoms with Crippen LogP contribution in [-0.2, 0) is 5.54 Å². The van der Waals surface area contributed by atoms with Crippen molar-refractivity contribution in [1.29, 1.82) is 0 Å². The Bertz CT molecular complexity index is 511. The second-order valence-electron chi connectivity index (χ2n) is 4.36. The largest absolute Gasteiger partial charge is 0.330 e. The van der Waals surface area contributed by atoms with Crippen molar-refractivity contribution in [3.05, 3.63) is 31.6 Å². The molecule has 0 saturated heterocycles. The maximum Gasteiger partial charge on any atom is 0.330 e. The first-order chi connectivity index (χ1) is 6.96. The van der Waals surface area contributed by atoms with Crippen LogP contribution in [0.2, 0.25) is 5.15 Å². The van der Waals surface area contributed by atoms with Gasteiger partial charge >= 0.3 is 5.69 Å². The first-order valence-corrected chi connectivity index (χ1v) is 5.35. The molecule has 1 aromatic rings. The summed E-state index contributed by atoms with van der Waals surface area (Å²) in [5.41, 5.74) is -0.590. The van der Waals surface area contributed by atoms with Gasteiger partial charge in [-0.15, -0.1) is 0 Å². The van der Waals surface area contributed by atoms with Crippen LogP contribution in [0.5, 0.6) is 0 Å². The second kappa shape index (κ2) is 3.23. The highest BCUT2D eigenvalue weighted by Gasteiger charge is 2.36. The van der Waals surface area contributed by atoms with Gasteiger partial charge in [-0.2, -0.15) is 0 Å². The molecule has 0 atom stereocenters. The lowest BCUT2D eigenvalue weighted by Gasteiger charge is -2.39. The fourth-order valence-electron chi connectivity index (χ4n) is 2.00. The van der Waals surface area contributed by atoms with E-state index < -0.39 is 5.69 Å². The van der Waals surface area contributed by atoms with E-state index in [-0.39, 0.29) is 16.3 Å². The monoisotopic (exact) mass is 228 g/mol. The van der Waals surface area contributed by atoms with Crippen LogP contribution < -0.4 is 11.2 Å². The number of hydrogen-bond donors (Lipinski definition) is 1. The van der Waals surface area contributed by atoms with Crippen LogP contribution in [0.25, 0.3) is 0 Å². The molecule has 0 spiro atoms. The summed E-state index contributed by atoms with van der Waals surface area (Å²) in [6.45, 7) is 3.56. The van der Waals surface area contributed by atoms with E-state index in [2.05, 4.69) is 4.98 Å². The molecule has 1 fully saturated rings. The average molecular weight is 229 g/mol. The standard InChI is InChI=1S/C10H13ClN2O2/c1-6-7(11)12-9(15)13(8(6)14)10(2)4-3-5-10/h3-5H2,1-2H3,(H,12,15). The topological polar surface area (TPSA) is 54.9 Å². The van der Waals surface area contributed by atoms with E-state index >= 15 is 0 Å². The van der Waals surface area contributed by atoms with Gasteiger partial charge in [-0.05, 0) is 33.1 Å². The van der Waals surface area contributed by atoms with Crippen LogP contribution >= 0.6 is 11.6 Å². The summed E-state index contributed by atoms with van der Waals surface area (Å²) < 4.78 is 1.30. The molecule has 1 heterocycles. The number of nitrogens with one attached hydrogen (secondary N) is 1. The van der Waals surface area contributed by atoms with Crippen molar-refractivity contribution < 1.29 is 0 Å². The molecule has 0 aromatic carbocycles. The summed E-state index contributed by atoms with van der Waals surface area (Å²) in [7, 11) is 0. The van der Waals surface area contributed by atoms with Gasteiger partial charge in [0.2, 0.25) is 0 Å². The molecular weight excluding hydrogens is 216 g/mol. The number of halogens is 1. The number of aromatic amines is 1. The Balaban J connectivity index is 2.72. The van der Waals surface area contributed by atoms with E-state index in [1.54, 1.807) is 6.92 Å². The third kappa shape index (κ3) is 1.44. The number of hydrogen-bond acceptors (Lipinski definition) is 2. The quantitative estimate of drug-likeness (QED) is 0.739. The fraction of sp³-hybridized carbons (Fsp3) is 0.600. The van der Waals surface area contributed by atoms with Gasteiger partial charge in [0.05, 0.1) is 0 Å². The summed E-state index contributed by atoms with van der Waals surface area (Å²) in [6, 6.07) is 0. The van der Waals surface area contributed by atoms with Crippen LogP contribution in [0.15, 0.2) is 9.59 Å². The highest BCUT2D eigenvalue weighted by atomic mass is 35.5. The minimum Gasteiger partial charge on any atom is -0.297 e. The Hall–Kier alpha value is -1.03. The highest BCUT2D eigenvalue weighted by Crippen LogP contribution is 2.36. The first kappa shape index (κ1) is 10.5. The molecule has 0 unspecified atom stereocenters. The smallest absolute Gasteiger partial charge is 0.297 e. The molecule has 5 heteroatoms. The van der Waals surface area contributed by atoms with Gasteiger partial charge in [0, 0.05) is 11.1 Å². The Morgan fingerprint density at radius 1 is 1.40 bits per heavy atom. The van der Waals surface area contributed by atoms with E-state index in [0.717, 1.165) is 19.3 Å². The van der Waals surface area contributed by atoms with E-state index in [1.807, 2.05) is 6.92 Å². The molecular formula is C10H13ClN2O2. The van der Waals surface area contributed by atoms with Crippen LogP contribution in [0, 0.1) is 6.92 Å². The van der Waals surface area contributed by atoms with Gasteiger partial charge in [0.1, 0.15) is 5.15 Å². The average Bonchev–Trinajstić information content (AvgIpc) is 2.11. The molecule has 0 radical (unpaired) electrons. The number of rotatable bonds is 1. The van der Waals surface area contributed by atoms with E-state index in [9.17, 15) is 9.59 Å². The Morgan fingerprint density at radius 3 is 2.47 bits per heavy atom. The molecule has 2 rings (SSSR count). The first-order valence-electron chi connectivity index (χ1n) is 4.98. The maximum absolute atomic E-state index is 11.9. The minimum atomic E-state index is -0.405. The van der Waals surface area contributed by atoms with Crippen molar-refractivity contribution >= 4 is 11.6 Å². The van der Waals surface area contributed by atoms with Crippen molar-refractivity contribution in [1.82, 2.24) is 9.55 Å². The number of H-pyrrole nitrogens is 1. The molecule has 0 aliphatic heterocycles. The summed E-state index contributed by atoms with van der Waals surface area (Å²) in [4.78, 5) is 26.1. The third-order valence-electron chi connectivity index (χ3n) is 3.24. The van der Waals surface area contributed by atoms with E-state index in [0.29, 0.717) is 5.56 Å². The number of aromatic nitrogens is 2. The third-order valence-corrected chi connectivity index (χ3v) is 3.62. The molecule has 1 N–H and O–H groups in total. The molecule has 4 nitrogen and oxygen atoms in total. The summed E-state index contributed by atoms with van der Waals surface area (Å²) >= 11 is 5.73. The SMILES string of the molecule is Cc1c(Cl)[nH]c(=O)n(C2(C)CCC2)c1=O. The van der Waals surface area contributed by atoms with Gasteiger partial charge < -0.3 is 0 Å². The van der Waals surface area contributed by atoms with Crippen LogP contribution in [0.3, 0.4) is 0 Å². The zero-order valence-corrected chi connectivity index (χ0v) is 9.52. The molecule has 82 valence electrons. The molecule has 0 bridgehead atoms. The zero-order valence-electron chi connectivity index (χ0n) is 8.76. The summed E-state index contributed by atoms with van der Waals surface area (Å²) in [5, 5.41) is 0.143. The van der Waals surface area contributed by atoms with Crippen molar-refractivity contribution in [2.24, 2.45) is 0 Å². The van der Waals surface area contributed by atoms with Gasteiger partial charge in [-0.25, -0.2) is 4.79 Å². The Labute approximate surface area is 91.9 Å². The predicted molar refractivity (Wildman–Crippen MR) is 58.6 cm³/mol. The molecule has 1 aliphatic rings. The highest BCUT2D eigenvalue weighted by molar-refractivity contribution is 6.30. The van der Waals surface area contributed by atoms with Crippen molar-refractivity contribution in [2.45, 2.75) is 38.6 Å². The molecule has 1 saturated carbocycles. The van der Waals surface area contributed by atoms with Crippen LogP contribution in [0.1, 0.15) is 31.7 Å². The fourth-order valence-corrected chi connectivity index (χ4v) is 2.16. The van der Waals surface area contributed by atoms with E-state index in [4.69, 9.17) is 11.6 Å². The van der Waals surface area contributed by atoms with Crippen molar-refractivity contribution in [3.8, 4) is 0 Å². The minimum absolute atomic E-state index is 0.143. The summed E-state index contributed by atoms with van der Waals surface area (Å²) in [5.74, 6) is 0. The summed E-state index contributed by atoms with van der Waals surface area (Å²) in [6.07, 6.45) is 2.80. The zero-order chi connectivity index (χ0) is 11.2. The van der Waals surface area contributed by atoms with Gasteiger partial charge in [-0.3, -0.25) is 14.3 Å². The molecule has 1 aliphatic carbocycles. The van der Waals surface area contributed by atoms with Crippen LogP contribution in [0.4, 0.5) is 0 Å². The lowest BCUT2D eigenvalue weighted by atomic mass is 9.78. The van der Waals surface area contributed by atoms with Gasteiger partial charge in [0.25, 0.3) is 5.56 Å². The normalized spacial score (nSPS) is 18.6.